The summed E-state index contributed by atoms with van der Waals surface area (Å²) in [4.78, 5) is 14.7. The van der Waals surface area contributed by atoms with E-state index in [1.54, 1.807) is 41.3 Å². The number of fused-ring (bicyclic) bond motifs is 1. The van der Waals surface area contributed by atoms with Crippen molar-refractivity contribution in [2.75, 3.05) is 39.4 Å². The lowest BCUT2D eigenvalue weighted by Gasteiger charge is -2.34. The lowest BCUT2D eigenvalue weighted by molar-refractivity contribution is 0.0698. The van der Waals surface area contributed by atoms with Gasteiger partial charge in [-0.15, -0.1) is 0 Å². The van der Waals surface area contributed by atoms with Crippen LogP contribution in [0.5, 0.6) is 17.2 Å². The molecule has 0 radical (unpaired) electrons. The zero-order valence-electron chi connectivity index (χ0n) is 18.3. The zero-order chi connectivity index (χ0) is 22.7. The molecule has 0 N–H and O–H groups in total. The Bertz CT molecular complexity index is 1060. The SMILES string of the molecule is CC(C)Oc1ccc(C(=O)N2CCN(S(=O)(=O)c3ccc4c(c3)OCCCO4)CC2)cc1. The lowest BCUT2D eigenvalue weighted by Crippen LogP contribution is -2.50. The van der Waals surface area contributed by atoms with E-state index in [1.807, 2.05) is 13.8 Å². The molecular weight excluding hydrogens is 432 g/mol. The quantitative estimate of drug-likeness (QED) is 0.682. The van der Waals surface area contributed by atoms with Crippen molar-refractivity contribution < 1.29 is 27.4 Å². The number of nitrogens with zero attached hydrogens (tertiary/aromatic N) is 2. The van der Waals surface area contributed by atoms with Crippen LogP contribution in [0.25, 0.3) is 0 Å². The number of carbonyl (C=O) groups excluding carboxylic acids is 1. The predicted molar refractivity (Wildman–Crippen MR) is 119 cm³/mol. The number of carbonyl (C=O) groups is 1. The van der Waals surface area contributed by atoms with E-state index in [9.17, 15) is 13.2 Å². The molecule has 0 atom stereocenters. The third-order valence-corrected chi connectivity index (χ3v) is 7.25. The lowest BCUT2D eigenvalue weighted by atomic mass is 10.2. The molecule has 9 heteroatoms. The highest BCUT2D eigenvalue weighted by atomic mass is 32.2. The molecule has 1 fully saturated rings. The van der Waals surface area contributed by atoms with Crippen LogP contribution in [0.4, 0.5) is 0 Å². The van der Waals surface area contributed by atoms with Gasteiger partial charge in [0.2, 0.25) is 10.0 Å². The van der Waals surface area contributed by atoms with E-state index in [2.05, 4.69) is 0 Å². The number of benzene rings is 2. The molecule has 1 saturated heterocycles. The fourth-order valence-corrected chi connectivity index (χ4v) is 5.15. The molecule has 0 saturated carbocycles. The van der Waals surface area contributed by atoms with Crippen molar-refractivity contribution in [3.63, 3.8) is 0 Å². The molecule has 4 rings (SSSR count). The zero-order valence-corrected chi connectivity index (χ0v) is 19.1. The van der Waals surface area contributed by atoms with Crippen molar-refractivity contribution in [1.82, 2.24) is 9.21 Å². The molecule has 172 valence electrons. The Labute approximate surface area is 188 Å². The molecule has 2 aromatic carbocycles. The van der Waals surface area contributed by atoms with E-state index in [4.69, 9.17) is 14.2 Å². The molecule has 0 unspecified atom stereocenters. The maximum absolute atomic E-state index is 13.1. The number of ether oxygens (including phenoxy) is 3. The van der Waals surface area contributed by atoms with E-state index in [0.717, 1.165) is 6.42 Å². The normalized spacial score (nSPS) is 17.2. The Morgan fingerprint density at radius 2 is 1.59 bits per heavy atom. The van der Waals surface area contributed by atoms with Crippen LogP contribution in [-0.4, -0.2) is 69.0 Å². The van der Waals surface area contributed by atoms with Crippen molar-refractivity contribution in [2.45, 2.75) is 31.3 Å². The van der Waals surface area contributed by atoms with Crippen LogP contribution >= 0.6 is 0 Å². The van der Waals surface area contributed by atoms with E-state index < -0.39 is 10.0 Å². The van der Waals surface area contributed by atoms with Gasteiger partial charge in [-0.05, 0) is 50.2 Å². The molecule has 32 heavy (non-hydrogen) atoms. The molecule has 2 heterocycles. The van der Waals surface area contributed by atoms with Crippen molar-refractivity contribution in [3.05, 3.63) is 48.0 Å². The van der Waals surface area contributed by atoms with Crippen LogP contribution in [0.15, 0.2) is 47.4 Å². The van der Waals surface area contributed by atoms with Crippen LogP contribution in [0.3, 0.4) is 0 Å². The summed E-state index contributed by atoms with van der Waals surface area (Å²) in [5, 5.41) is 0. The maximum Gasteiger partial charge on any atom is 0.253 e. The first-order valence-corrected chi connectivity index (χ1v) is 12.2. The third-order valence-electron chi connectivity index (χ3n) is 5.36. The summed E-state index contributed by atoms with van der Waals surface area (Å²) in [6, 6.07) is 11.7. The second-order valence-electron chi connectivity index (χ2n) is 8.05. The highest BCUT2D eigenvalue weighted by Crippen LogP contribution is 2.33. The number of hydrogen-bond acceptors (Lipinski definition) is 6. The Morgan fingerprint density at radius 3 is 2.25 bits per heavy atom. The monoisotopic (exact) mass is 460 g/mol. The molecule has 0 aromatic heterocycles. The van der Waals surface area contributed by atoms with Gasteiger partial charge in [-0.25, -0.2) is 8.42 Å². The molecule has 2 aliphatic heterocycles. The van der Waals surface area contributed by atoms with Crippen molar-refractivity contribution in [2.24, 2.45) is 0 Å². The summed E-state index contributed by atoms with van der Waals surface area (Å²) in [6.45, 7) is 6.04. The van der Waals surface area contributed by atoms with Gasteiger partial charge in [-0.1, -0.05) is 0 Å². The average Bonchev–Trinajstić information content (AvgIpc) is 3.04. The molecule has 0 spiro atoms. The van der Waals surface area contributed by atoms with Crippen molar-refractivity contribution >= 4 is 15.9 Å². The van der Waals surface area contributed by atoms with E-state index in [-0.39, 0.29) is 30.0 Å². The van der Waals surface area contributed by atoms with Gasteiger partial charge in [0.15, 0.2) is 11.5 Å². The van der Waals surface area contributed by atoms with Crippen LogP contribution < -0.4 is 14.2 Å². The minimum Gasteiger partial charge on any atom is -0.491 e. The molecule has 0 bridgehead atoms. The van der Waals surface area contributed by atoms with Crippen LogP contribution in [0.1, 0.15) is 30.6 Å². The largest absolute Gasteiger partial charge is 0.491 e. The molecule has 8 nitrogen and oxygen atoms in total. The second-order valence-corrected chi connectivity index (χ2v) is 9.98. The highest BCUT2D eigenvalue weighted by molar-refractivity contribution is 7.89. The van der Waals surface area contributed by atoms with Gasteiger partial charge in [-0.3, -0.25) is 4.79 Å². The topological polar surface area (TPSA) is 85.4 Å². The van der Waals surface area contributed by atoms with Crippen LogP contribution in [0, 0.1) is 0 Å². The van der Waals surface area contributed by atoms with Crippen LogP contribution in [-0.2, 0) is 10.0 Å². The number of hydrogen-bond donors (Lipinski definition) is 0. The summed E-state index contributed by atoms with van der Waals surface area (Å²) in [5.41, 5.74) is 0.556. The summed E-state index contributed by atoms with van der Waals surface area (Å²) < 4.78 is 44.5. The molecule has 0 aliphatic carbocycles. The predicted octanol–water partition coefficient (Wildman–Crippen LogP) is 2.78. The number of amides is 1. The van der Waals surface area contributed by atoms with E-state index in [0.29, 0.717) is 49.1 Å². The first-order valence-electron chi connectivity index (χ1n) is 10.8. The van der Waals surface area contributed by atoms with E-state index in [1.165, 1.54) is 10.4 Å². The minimum atomic E-state index is -3.70. The average molecular weight is 461 g/mol. The highest BCUT2D eigenvalue weighted by Gasteiger charge is 2.31. The molecular formula is C23H28N2O6S. The van der Waals surface area contributed by atoms with E-state index >= 15 is 0 Å². The van der Waals surface area contributed by atoms with Gasteiger partial charge in [0, 0.05) is 44.2 Å². The van der Waals surface area contributed by atoms with Crippen LogP contribution in [0.2, 0.25) is 0 Å². The number of rotatable bonds is 5. The summed E-state index contributed by atoms with van der Waals surface area (Å²) in [7, 11) is -3.70. The van der Waals surface area contributed by atoms with Crippen molar-refractivity contribution in [1.29, 1.82) is 0 Å². The van der Waals surface area contributed by atoms with Gasteiger partial charge in [0.25, 0.3) is 5.91 Å². The minimum absolute atomic E-state index is 0.0604. The standard InChI is InChI=1S/C23H28N2O6S/c1-17(2)31-19-6-4-18(5-7-19)23(26)24-10-12-25(13-11-24)32(27,28)20-8-9-21-22(16-20)30-15-3-14-29-21/h4-9,16-17H,3,10-15H2,1-2H3. The second kappa shape index (κ2) is 9.38. The number of sulfonamides is 1. The Morgan fingerprint density at radius 1 is 0.938 bits per heavy atom. The Kier molecular flexibility index (Phi) is 6.57. The van der Waals surface area contributed by atoms with Crippen molar-refractivity contribution in [3.8, 4) is 17.2 Å². The summed E-state index contributed by atoms with van der Waals surface area (Å²) in [6.07, 6.45) is 0.811. The summed E-state index contributed by atoms with van der Waals surface area (Å²) in [5.74, 6) is 1.60. The maximum atomic E-state index is 13.1. The number of piperazine rings is 1. The first kappa shape index (κ1) is 22.4. The fourth-order valence-electron chi connectivity index (χ4n) is 3.72. The first-order chi connectivity index (χ1) is 15.3. The van der Waals surface area contributed by atoms with Gasteiger partial charge < -0.3 is 19.1 Å². The molecule has 2 aromatic rings. The Balaban J connectivity index is 1.40. The van der Waals surface area contributed by atoms with Gasteiger partial charge >= 0.3 is 0 Å². The smallest absolute Gasteiger partial charge is 0.253 e. The third kappa shape index (κ3) is 4.83. The summed E-state index contributed by atoms with van der Waals surface area (Å²) >= 11 is 0. The van der Waals surface area contributed by atoms with Gasteiger partial charge in [0.05, 0.1) is 24.2 Å². The molecule has 1 amide bonds. The molecule has 2 aliphatic rings. The van der Waals surface area contributed by atoms with Gasteiger partial charge in [0.1, 0.15) is 5.75 Å². The fraction of sp³-hybridized carbons (Fsp3) is 0.435. The Hall–Kier alpha value is -2.78. The van der Waals surface area contributed by atoms with Gasteiger partial charge in [-0.2, -0.15) is 4.31 Å².